The summed E-state index contributed by atoms with van der Waals surface area (Å²) < 4.78 is 0. The summed E-state index contributed by atoms with van der Waals surface area (Å²) in [7, 11) is 0. The molecule has 0 aliphatic carbocycles. The smallest absolute Gasteiger partial charge is 0.227 e. The van der Waals surface area contributed by atoms with Crippen LogP contribution in [0.2, 0.25) is 5.02 Å². The Morgan fingerprint density at radius 2 is 2.05 bits per heavy atom. The molecule has 2 aliphatic rings. The van der Waals surface area contributed by atoms with Crippen molar-refractivity contribution in [2.45, 2.75) is 31.2 Å². The molecule has 0 aromatic heterocycles. The number of amides is 2. The molecule has 4 nitrogen and oxygen atoms in total. The van der Waals surface area contributed by atoms with E-state index >= 15 is 0 Å². The minimum Gasteiger partial charge on any atom is -0.349 e. The highest BCUT2D eigenvalue weighted by Crippen LogP contribution is 2.30. The molecule has 2 fully saturated rings. The molecular weight excluding hydrogens is 276 g/mol. The van der Waals surface area contributed by atoms with Gasteiger partial charge < -0.3 is 10.2 Å². The number of benzene rings is 1. The van der Waals surface area contributed by atoms with Crippen LogP contribution in [0.1, 0.15) is 24.8 Å². The first-order valence-electron chi connectivity index (χ1n) is 6.90. The van der Waals surface area contributed by atoms with Gasteiger partial charge >= 0.3 is 0 Å². The van der Waals surface area contributed by atoms with Gasteiger partial charge in [-0.2, -0.15) is 0 Å². The van der Waals surface area contributed by atoms with E-state index in [2.05, 4.69) is 5.32 Å². The van der Waals surface area contributed by atoms with Gasteiger partial charge in [-0.25, -0.2) is 0 Å². The third-order valence-electron chi connectivity index (χ3n) is 4.21. The Bertz CT molecular complexity index is 543. The maximum absolute atomic E-state index is 12.3. The fourth-order valence-corrected chi connectivity index (χ4v) is 3.18. The number of carbonyl (C=O) groups excluding carboxylic acids is 2. The van der Waals surface area contributed by atoms with Crippen LogP contribution < -0.4 is 5.32 Å². The van der Waals surface area contributed by atoms with E-state index in [0.717, 1.165) is 24.9 Å². The molecule has 20 heavy (non-hydrogen) atoms. The minimum atomic E-state index is -0.160. The molecule has 1 N–H and O–H groups in total. The fraction of sp³-hybridized carbons (Fsp3) is 0.467. The Labute approximate surface area is 123 Å². The standard InChI is InChI=1S/C15H17ClN2O2/c16-12-3-1-11(2-4-12)9-14(20)18-8-7-15(10-18)6-5-13(19)17-15/h1-4H,5-10H2,(H,17,19). The summed E-state index contributed by atoms with van der Waals surface area (Å²) in [4.78, 5) is 25.5. The van der Waals surface area contributed by atoms with Crippen molar-refractivity contribution < 1.29 is 9.59 Å². The second-order valence-corrected chi connectivity index (χ2v) is 6.13. The number of hydrogen-bond donors (Lipinski definition) is 1. The normalized spacial score (nSPS) is 25.2. The van der Waals surface area contributed by atoms with E-state index in [-0.39, 0.29) is 17.4 Å². The van der Waals surface area contributed by atoms with Crippen LogP contribution in [0.25, 0.3) is 0 Å². The van der Waals surface area contributed by atoms with Gasteiger partial charge in [-0.1, -0.05) is 23.7 Å². The van der Waals surface area contributed by atoms with E-state index < -0.39 is 0 Å². The molecule has 5 heteroatoms. The fourth-order valence-electron chi connectivity index (χ4n) is 3.05. The maximum atomic E-state index is 12.3. The third-order valence-corrected chi connectivity index (χ3v) is 4.46. The maximum Gasteiger partial charge on any atom is 0.227 e. The van der Waals surface area contributed by atoms with Gasteiger partial charge in [0.15, 0.2) is 0 Å². The lowest BCUT2D eigenvalue weighted by Crippen LogP contribution is -2.45. The Morgan fingerprint density at radius 1 is 1.30 bits per heavy atom. The number of likely N-dealkylation sites (tertiary alicyclic amines) is 1. The summed E-state index contributed by atoms with van der Waals surface area (Å²) in [6.07, 6.45) is 2.68. The van der Waals surface area contributed by atoms with Gasteiger partial charge in [-0.3, -0.25) is 9.59 Å². The first-order chi connectivity index (χ1) is 9.56. The number of hydrogen-bond acceptors (Lipinski definition) is 2. The van der Waals surface area contributed by atoms with Crippen molar-refractivity contribution in [2.24, 2.45) is 0 Å². The molecule has 2 heterocycles. The molecule has 2 amide bonds. The van der Waals surface area contributed by atoms with E-state index in [0.29, 0.717) is 24.4 Å². The third kappa shape index (κ3) is 2.66. The second-order valence-electron chi connectivity index (χ2n) is 5.70. The van der Waals surface area contributed by atoms with E-state index in [1.807, 2.05) is 17.0 Å². The number of nitrogens with zero attached hydrogens (tertiary/aromatic N) is 1. The highest BCUT2D eigenvalue weighted by Gasteiger charge is 2.44. The van der Waals surface area contributed by atoms with Gasteiger partial charge in [-0.05, 0) is 30.5 Å². The summed E-state index contributed by atoms with van der Waals surface area (Å²) in [5.74, 6) is 0.224. The lowest BCUT2D eigenvalue weighted by Gasteiger charge is -2.24. The highest BCUT2D eigenvalue weighted by molar-refractivity contribution is 6.30. The quantitative estimate of drug-likeness (QED) is 0.903. The second kappa shape index (κ2) is 5.09. The lowest BCUT2D eigenvalue weighted by atomic mass is 9.97. The Kier molecular flexibility index (Phi) is 3.42. The Hall–Kier alpha value is -1.55. The van der Waals surface area contributed by atoms with Crippen molar-refractivity contribution in [3.8, 4) is 0 Å². The zero-order valence-electron chi connectivity index (χ0n) is 11.2. The van der Waals surface area contributed by atoms with Crippen molar-refractivity contribution in [3.63, 3.8) is 0 Å². The first-order valence-corrected chi connectivity index (χ1v) is 7.27. The van der Waals surface area contributed by atoms with E-state index in [4.69, 9.17) is 11.6 Å². The van der Waals surface area contributed by atoms with E-state index in [1.165, 1.54) is 0 Å². The lowest BCUT2D eigenvalue weighted by molar-refractivity contribution is -0.130. The SMILES string of the molecule is O=C1CCC2(CCN(C(=O)Cc3ccc(Cl)cc3)C2)N1. The number of halogens is 1. The predicted molar refractivity (Wildman–Crippen MR) is 76.5 cm³/mol. The molecule has 3 rings (SSSR count). The predicted octanol–water partition coefficient (Wildman–Crippen LogP) is 1.76. The van der Waals surface area contributed by atoms with Crippen LogP contribution in [-0.2, 0) is 16.0 Å². The minimum absolute atomic E-state index is 0.108. The topological polar surface area (TPSA) is 49.4 Å². The highest BCUT2D eigenvalue weighted by atomic mass is 35.5. The average Bonchev–Trinajstić information content (AvgIpc) is 3.00. The number of nitrogens with one attached hydrogen (secondary N) is 1. The van der Waals surface area contributed by atoms with Crippen molar-refractivity contribution in [3.05, 3.63) is 34.9 Å². The van der Waals surface area contributed by atoms with Crippen LogP contribution in [0.15, 0.2) is 24.3 Å². The van der Waals surface area contributed by atoms with Crippen LogP contribution in [0.5, 0.6) is 0 Å². The molecular formula is C15H17ClN2O2. The van der Waals surface area contributed by atoms with Gasteiger partial charge in [0.1, 0.15) is 0 Å². The largest absolute Gasteiger partial charge is 0.349 e. The molecule has 1 atom stereocenters. The molecule has 2 aliphatic heterocycles. The number of rotatable bonds is 2. The summed E-state index contributed by atoms with van der Waals surface area (Å²) in [6, 6.07) is 7.35. The number of carbonyl (C=O) groups is 2. The van der Waals surface area contributed by atoms with Crippen molar-refractivity contribution >= 4 is 23.4 Å². The van der Waals surface area contributed by atoms with Crippen molar-refractivity contribution in [1.82, 2.24) is 10.2 Å². The van der Waals surface area contributed by atoms with E-state index in [9.17, 15) is 9.59 Å². The summed E-state index contributed by atoms with van der Waals surface area (Å²) in [6.45, 7) is 1.37. The molecule has 1 unspecified atom stereocenters. The molecule has 1 aromatic rings. The van der Waals surface area contributed by atoms with Gasteiger partial charge in [0.25, 0.3) is 0 Å². The van der Waals surface area contributed by atoms with Gasteiger partial charge in [0.05, 0.1) is 12.0 Å². The molecule has 106 valence electrons. The molecule has 0 radical (unpaired) electrons. The van der Waals surface area contributed by atoms with Crippen LogP contribution in [0, 0.1) is 0 Å². The summed E-state index contributed by atoms with van der Waals surface area (Å²) in [5, 5.41) is 3.71. The first kappa shape index (κ1) is 13.4. The van der Waals surface area contributed by atoms with Crippen LogP contribution in [0.3, 0.4) is 0 Å². The van der Waals surface area contributed by atoms with E-state index in [1.54, 1.807) is 12.1 Å². The van der Waals surface area contributed by atoms with Crippen LogP contribution in [-0.4, -0.2) is 35.3 Å². The summed E-state index contributed by atoms with van der Waals surface area (Å²) >= 11 is 5.84. The molecule has 1 spiro atoms. The summed E-state index contributed by atoms with van der Waals surface area (Å²) in [5.41, 5.74) is 0.808. The average molecular weight is 293 g/mol. The van der Waals surface area contributed by atoms with Crippen molar-refractivity contribution in [1.29, 1.82) is 0 Å². The monoisotopic (exact) mass is 292 g/mol. The zero-order valence-corrected chi connectivity index (χ0v) is 11.9. The molecule has 0 bridgehead atoms. The van der Waals surface area contributed by atoms with Crippen molar-refractivity contribution in [2.75, 3.05) is 13.1 Å². The molecule has 0 saturated carbocycles. The Balaban J connectivity index is 1.61. The zero-order chi connectivity index (χ0) is 14.2. The molecule has 2 saturated heterocycles. The van der Waals surface area contributed by atoms with Gasteiger partial charge in [0, 0.05) is 24.5 Å². The Morgan fingerprint density at radius 3 is 2.70 bits per heavy atom. The van der Waals surface area contributed by atoms with Crippen LogP contribution in [0.4, 0.5) is 0 Å². The van der Waals surface area contributed by atoms with Gasteiger partial charge in [0.2, 0.25) is 11.8 Å². The van der Waals surface area contributed by atoms with Gasteiger partial charge in [-0.15, -0.1) is 0 Å². The van der Waals surface area contributed by atoms with Crippen LogP contribution >= 0.6 is 11.6 Å². The molecule has 1 aromatic carbocycles.